The molecule has 0 atom stereocenters. The highest BCUT2D eigenvalue weighted by molar-refractivity contribution is 7.13. The van der Waals surface area contributed by atoms with Crippen molar-refractivity contribution in [1.82, 2.24) is 4.98 Å². The molecule has 2 rings (SSSR count). The fourth-order valence-electron chi connectivity index (χ4n) is 1.96. The average molecular weight is 343 g/mol. The van der Waals surface area contributed by atoms with E-state index in [0.717, 1.165) is 23.5 Å². The Kier molecular flexibility index (Phi) is 4.52. The first-order valence-electron chi connectivity index (χ1n) is 6.88. The second-order valence-electron chi connectivity index (χ2n) is 6.22. The van der Waals surface area contributed by atoms with Gasteiger partial charge in [-0.25, -0.2) is 9.78 Å². The summed E-state index contributed by atoms with van der Waals surface area (Å²) in [5.41, 5.74) is -0.0420. The van der Waals surface area contributed by atoms with Crippen LogP contribution in [0.5, 0.6) is 0 Å². The van der Waals surface area contributed by atoms with E-state index in [2.05, 4.69) is 4.98 Å². The molecule has 7 heteroatoms. The van der Waals surface area contributed by atoms with Crippen LogP contribution in [-0.2, 0) is 18.0 Å². The van der Waals surface area contributed by atoms with Gasteiger partial charge in [0.2, 0.25) is 0 Å². The lowest BCUT2D eigenvalue weighted by Crippen LogP contribution is -2.10. The largest absolute Gasteiger partial charge is 0.477 e. The smallest absolute Gasteiger partial charge is 0.416 e. The standard InChI is InChI=1S/C16H16F3NO2S/c1-15(2,3)14-20-11(12(23-14)13(21)22)8-9-4-6-10(7-5-9)16(17,18)19/h4-7H,8H2,1-3H3,(H,21,22). The number of aromatic carboxylic acids is 1. The van der Waals surface area contributed by atoms with E-state index in [1.165, 1.54) is 12.1 Å². The molecule has 1 heterocycles. The molecule has 0 bridgehead atoms. The Morgan fingerprint density at radius 1 is 1.17 bits per heavy atom. The molecular weight excluding hydrogens is 327 g/mol. The zero-order valence-corrected chi connectivity index (χ0v) is 13.7. The molecule has 1 aromatic heterocycles. The van der Waals surface area contributed by atoms with Crippen LogP contribution in [0.3, 0.4) is 0 Å². The normalized spacial score (nSPS) is 12.4. The second-order valence-corrected chi connectivity index (χ2v) is 7.22. The van der Waals surface area contributed by atoms with Crippen LogP contribution in [0.1, 0.15) is 52.3 Å². The van der Waals surface area contributed by atoms with Crippen LogP contribution < -0.4 is 0 Å². The van der Waals surface area contributed by atoms with E-state index in [1.807, 2.05) is 20.8 Å². The van der Waals surface area contributed by atoms with Gasteiger partial charge in [0.1, 0.15) is 4.88 Å². The van der Waals surface area contributed by atoms with Gasteiger partial charge in [0.15, 0.2) is 0 Å². The molecule has 2 aromatic rings. The van der Waals surface area contributed by atoms with Crippen LogP contribution in [0.15, 0.2) is 24.3 Å². The van der Waals surface area contributed by atoms with Crippen LogP contribution in [0, 0.1) is 0 Å². The maximum atomic E-state index is 12.6. The van der Waals surface area contributed by atoms with Gasteiger partial charge in [-0.2, -0.15) is 13.2 Å². The van der Waals surface area contributed by atoms with Crippen LogP contribution in [-0.4, -0.2) is 16.1 Å². The van der Waals surface area contributed by atoms with Crippen molar-refractivity contribution in [3.8, 4) is 0 Å². The monoisotopic (exact) mass is 343 g/mol. The fraction of sp³-hybridized carbons (Fsp3) is 0.375. The highest BCUT2D eigenvalue weighted by Crippen LogP contribution is 2.32. The summed E-state index contributed by atoms with van der Waals surface area (Å²) in [6.07, 6.45) is -4.20. The van der Waals surface area contributed by atoms with Crippen molar-refractivity contribution in [3.63, 3.8) is 0 Å². The van der Waals surface area contributed by atoms with Gasteiger partial charge in [-0.15, -0.1) is 11.3 Å². The number of alkyl halides is 3. The Hall–Kier alpha value is -1.89. The number of rotatable bonds is 3. The minimum atomic E-state index is -4.38. The molecular formula is C16H16F3NO2S. The maximum absolute atomic E-state index is 12.6. The molecule has 0 unspecified atom stereocenters. The lowest BCUT2D eigenvalue weighted by molar-refractivity contribution is -0.137. The molecule has 0 fully saturated rings. The Bertz CT molecular complexity index is 712. The molecule has 3 nitrogen and oxygen atoms in total. The molecule has 0 aliphatic heterocycles. The predicted octanol–water partition coefficient (Wildman–Crippen LogP) is 4.75. The van der Waals surface area contributed by atoms with Crippen LogP contribution >= 0.6 is 11.3 Å². The summed E-state index contributed by atoms with van der Waals surface area (Å²) < 4.78 is 37.7. The van der Waals surface area contributed by atoms with E-state index in [9.17, 15) is 23.1 Å². The number of aromatic nitrogens is 1. The Balaban J connectivity index is 2.32. The number of nitrogens with zero attached hydrogens (tertiary/aromatic N) is 1. The molecule has 0 spiro atoms. The summed E-state index contributed by atoms with van der Waals surface area (Å²) in [6.45, 7) is 5.79. The van der Waals surface area contributed by atoms with E-state index in [-0.39, 0.29) is 16.7 Å². The lowest BCUT2D eigenvalue weighted by Gasteiger charge is -2.13. The number of hydrogen-bond donors (Lipinski definition) is 1. The zero-order chi connectivity index (χ0) is 17.4. The third-order valence-corrected chi connectivity index (χ3v) is 4.70. The molecule has 23 heavy (non-hydrogen) atoms. The van der Waals surface area contributed by atoms with Crippen molar-refractivity contribution in [2.45, 2.75) is 38.8 Å². The molecule has 1 aromatic carbocycles. The van der Waals surface area contributed by atoms with E-state index >= 15 is 0 Å². The summed E-state index contributed by atoms with van der Waals surface area (Å²) in [7, 11) is 0. The zero-order valence-electron chi connectivity index (χ0n) is 12.9. The number of halogens is 3. The van der Waals surface area contributed by atoms with Gasteiger partial charge in [-0.3, -0.25) is 0 Å². The Morgan fingerprint density at radius 2 is 1.74 bits per heavy atom. The van der Waals surface area contributed by atoms with Gasteiger partial charge in [0, 0.05) is 11.8 Å². The van der Waals surface area contributed by atoms with Crippen molar-refractivity contribution >= 4 is 17.3 Å². The first-order valence-corrected chi connectivity index (χ1v) is 7.70. The molecule has 0 amide bonds. The summed E-state index contributed by atoms with van der Waals surface area (Å²) in [6, 6.07) is 4.69. The molecule has 1 N–H and O–H groups in total. The molecule has 0 saturated heterocycles. The second kappa shape index (κ2) is 5.96. The minimum Gasteiger partial charge on any atom is -0.477 e. The number of carbonyl (C=O) groups is 1. The molecule has 0 aliphatic rings. The Labute approximate surface area is 135 Å². The summed E-state index contributed by atoms with van der Waals surface area (Å²) in [5.74, 6) is -1.07. The van der Waals surface area contributed by atoms with Crippen LogP contribution in [0.2, 0.25) is 0 Å². The molecule has 124 valence electrons. The van der Waals surface area contributed by atoms with Gasteiger partial charge in [-0.05, 0) is 17.7 Å². The number of carboxylic acid groups (broad SMARTS) is 1. The SMILES string of the molecule is CC(C)(C)c1nc(Cc2ccc(C(F)(F)F)cc2)c(C(=O)O)s1. The van der Waals surface area contributed by atoms with Crippen molar-refractivity contribution < 1.29 is 23.1 Å². The highest BCUT2D eigenvalue weighted by Gasteiger charge is 2.30. The van der Waals surface area contributed by atoms with Gasteiger partial charge in [-0.1, -0.05) is 32.9 Å². The quantitative estimate of drug-likeness (QED) is 0.875. The first kappa shape index (κ1) is 17.5. The predicted molar refractivity (Wildman–Crippen MR) is 82.0 cm³/mol. The molecule has 0 aliphatic carbocycles. The number of benzene rings is 1. The van der Waals surface area contributed by atoms with Crippen molar-refractivity contribution in [1.29, 1.82) is 0 Å². The topological polar surface area (TPSA) is 50.2 Å². The minimum absolute atomic E-state index is 0.134. The number of carboxylic acids is 1. The van der Waals surface area contributed by atoms with Crippen LogP contribution in [0.25, 0.3) is 0 Å². The van der Waals surface area contributed by atoms with Crippen molar-refractivity contribution in [3.05, 3.63) is 51.0 Å². The van der Waals surface area contributed by atoms with Gasteiger partial charge in [0.05, 0.1) is 16.3 Å². The van der Waals surface area contributed by atoms with E-state index in [0.29, 0.717) is 16.3 Å². The van der Waals surface area contributed by atoms with Crippen molar-refractivity contribution in [2.24, 2.45) is 0 Å². The number of hydrogen-bond acceptors (Lipinski definition) is 3. The maximum Gasteiger partial charge on any atom is 0.416 e. The highest BCUT2D eigenvalue weighted by atomic mass is 32.1. The van der Waals surface area contributed by atoms with E-state index in [1.54, 1.807) is 0 Å². The molecule has 0 saturated carbocycles. The number of thiazole rings is 1. The third kappa shape index (κ3) is 4.10. The average Bonchev–Trinajstić information content (AvgIpc) is 2.82. The summed E-state index contributed by atoms with van der Waals surface area (Å²) in [5, 5.41) is 9.99. The van der Waals surface area contributed by atoms with E-state index < -0.39 is 17.7 Å². The first-order chi connectivity index (χ1) is 10.5. The molecule has 0 radical (unpaired) electrons. The fourth-order valence-corrected chi connectivity index (χ4v) is 2.94. The van der Waals surface area contributed by atoms with Crippen molar-refractivity contribution in [2.75, 3.05) is 0 Å². The summed E-state index contributed by atoms with van der Waals surface area (Å²) >= 11 is 1.11. The van der Waals surface area contributed by atoms with Gasteiger partial charge >= 0.3 is 12.1 Å². The van der Waals surface area contributed by atoms with Gasteiger partial charge in [0.25, 0.3) is 0 Å². The lowest BCUT2D eigenvalue weighted by atomic mass is 9.98. The van der Waals surface area contributed by atoms with Gasteiger partial charge < -0.3 is 5.11 Å². The summed E-state index contributed by atoms with van der Waals surface area (Å²) in [4.78, 5) is 15.9. The van der Waals surface area contributed by atoms with Crippen LogP contribution in [0.4, 0.5) is 13.2 Å². The third-order valence-electron chi connectivity index (χ3n) is 3.19. The Morgan fingerprint density at radius 3 is 2.17 bits per heavy atom. The van der Waals surface area contributed by atoms with E-state index in [4.69, 9.17) is 0 Å².